The summed E-state index contributed by atoms with van der Waals surface area (Å²) in [6.07, 6.45) is 0. The molecule has 2 aromatic carbocycles. The van der Waals surface area contributed by atoms with E-state index in [0.717, 1.165) is 5.56 Å². The molecule has 0 saturated carbocycles. The Morgan fingerprint density at radius 2 is 1.75 bits per heavy atom. The van der Waals surface area contributed by atoms with E-state index in [0.29, 0.717) is 10.6 Å². The predicted octanol–water partition coefficient (Wildman–Crippen LogP) is 3.92. The van der Waals surface area contributed by atoms with Gasteiger partial charge < -0.3 is 0 Å². The summed E-state index contributed by atoms with van der Waals surface area (Å²) < 4.78 is 0. The van der Waals surface area contributed by atoms with E-state index in [4.69, 9.17) is 11.6 Å². The number of nitro groups is 1. The minimum absolute atomic E-state index is 0.0266. The Kier molecular flexibility index (Phi) is 2.88. The molecule has 2 aromatic rings. The summed E-state index contributed by atoms with van der Waals surface area (Å²) in [4.78, 5) is 10.5. The molecule has 0 N–H and O–H groups in total. The van der Waals surface area contributed by atoms with Crippen LogP contribution in [-0.2, 0) is 0 Å². The van der Waals surface area contributed by atoms with Crippen molar-refractivity contribution < 1.29 is 4.92 Å². The van der Waals surface area contributed by atoms with E-state index in [1.54, 1.807) is 12.1 Å². The van der Waals surface area contributed by atoms with Crippen molar-refractivity contribution in [2.45, 2.75) is 0 Å². The molecule has 2 rings (SSSR count). The van der Waals surface area contributed by atoms with Crippen molar-refractivity contribution in [3.05, 3.63) is 63.7 Å². The van der Waals surface area contributed by atoms with Gasteiger partial charge in [0.1, 0.15) is 0 Å². The zero-order valence-corrected chi connectivity index (χ0v) is 9.02. The highest BCUT2D eigenvalue weighted by atomic mass is 35.5. The highest BCUT2D eigenvalue weighted by molar-refractivity contribution is 6.30. The van der Waals surface area contributed by atoms with E-state index in [2.05, 4.69) is 0 Å². The second-order valence-corrected chi connectivity index (χ2v) is 3.72. The molecule has 0 bridgehead atoms. The maximum atomic E-state index is 10.9. The summed E-state index contributed by atoms with van der Waals surface area (Å²) in [5.74, 6) is 0. The van der Waals surface area contributed by atoms with E-state index >= 15 is 0 Å². The Bertz CT molecular complexity index is 526. The van der Waals surface area contributed by atoms with E-state index in [-0.39, 0.29) is 5.69 Å². The van der Waals surface area contributed by atoms with Crippen molar-refractivity contribution in [3.63, 3.8) is 0 Å². The highest BCUT2D eigenvalue weighted by Gasteiger charge is 2.15. The van der Waals surface area contributed by atoms with E-state index in [1.807, 2.05) is 30.3 Å². The lowest BCUT2D eigenvalue weighted by Gasteiger charge is -2.03. The second-order valence-electron chi connectivity index (χ2n) is 3.28. The van der Waals surface area contributed by atoms with Crippen LogP contribution in [-0.4, -0.2) is 4.92 Å². The molecule has 0 spiro atoms. The summed E-state index contributed by atoms with van der Waals surface area (Å²) in [5, 5.41) is 11.3. The summed E-state index contributed by atoms with van der Waals surface area (Å²) in [5.41, 5.74) is 1.42. The predicted molar refractivity (Wildman–Crippen MR) is 63.5 cm³/mol. The highest BCUT2D eigenvalue weighted by Crippen LogP contribution is 2.31. The zero-order chi connectivity index (χ0) is 11.5. The van der Waals surface area contributed by atoms with Crippen LogP contribution in [0.3, 0.4) is 0 Å². The molecule has 80 valence electrons. The molecule has 3 nitrogen and oxygen atoms in total. The van der Waals surface area contributed by atoms with Gasteiger partial charge in [0.15, 0.2) is 0 Å². The van der Waals surface area contributed by atoms with Crippen LogP contribution in [0, 0.1) is 10.1 Å². The van der Waals surface area contributed by atoms with Crippen molar-refractivity contribution >= 4 is 17.3 Å². The molecule has 0 unspecified atom stereocenters. The van der Waals surface area contributed by atoms with Gasteiger partial charge in [-0.2, -0.15) is 0 Å². The van der Waals surface area contributed by atoms with Gasteiger partial charge in [-0.1, -0.05) is 41.9 Å². The molecule has 16 heavy (non-hydrogen) atoms. The molecule has 4 heteroatoms. The fourth-order valence-corrected chi connectivity index (χ4v) is 1.68. The lowest BCUT2D eigenvalue weighted by Crippen LogP contribution is -1.91. The largest absolute Gasteiger partial charge is 0.278 e. The second kappa shape index (κ2) is 4.33. The summed E-state index contributed by atoms with van der Waals surface area (Å²) in [7, 11) is 0. The van der Waals surface area contributed by atoms with Gasteiger partial charge in [0.25, 0.3) is 5.69 Å². The number of halogens is 1. The normalized spacial score (nSPS) is 10.1. The Morgan fingerprint density at radius 1 is 1.06 bits per heavy atom. The molecule has 0 heterocycles. The fourth-order valence-electron chi connectivity index (χ4n) is 1.52. The third kappa shape index (κ3) is 2.04. The van der Waals surface area contributed by atoms with Crippen LogP contribution in [0.4, 0.5) is 5.69 Å². The Hall–Kier alpha value is -1.87. The lowest BCUT2D eigenvalue weighted by molar-refractivity contribution is -0.384. The molecular formula is C12H8ClNO2. The molecule has 0 radical (unpaired) electrons. The van der Waals surface area contributed by atoms with Gasteiger partial charge in [-0.05, 0) is 17.7 Å². The first kappa shape index (κ1) is 10.6. The number of nitrogens with zero attached hydrogens (tertiary/aromatic N) is 1. The summed E-state index contributed by atoms with van der Waals surface area (Å²) in [6, 6.07) is 13.9. The van der Waals surface area contributed by atoms with Crippen molar-refractivity contribution in [1.29, 1.82) is 0 Å². The number of rotatable bonds is 2. The first-order valence-electron chi connectivity index (χ1n) is 4.68. The Labute approximate surface area is 97.4 Å². The Morgan fingerprint density at radius 3 is 2.38 bits per heavy atom. The van der Waals surface area contributed by atoms with Crippen molar-refractivity contribution in [1.82, 2.24) is 0 Å². The SMILES string of the molecule is O=[N+]([O-])c1cc(Cl)ccc1-c1ccccc1. The molecule has 0 aromatic heterocycles. The number of nitro benzene ring substituents is 1. The maximum absolute atomic E-state index is 10.9. The van der Waals surface area contributed by atoms with Gasteiger partial charge in [-0.3, -0.25) is 10.1 Å². The minimum Gasteiger partial charge on any atom is -0.258 e. The van der Waals surface area contributed by atoms with Gasteiger partial charge in [-0.25, -0.2) is 0 Å². The van der Waals surface area contributed by atoms with Gasteiger partial charge in [0.05, 0.1) is 10.5 Å². The van der Waals surface area contributed by atoms with Crippen molar-refractivity contribution in [3.8, 4) is 11.1 Å². The van der Waals surface area contributed by atoms with Gasteiger partial charge in [0.2, 0.25) is 0 Å². The maximum Gasteiger partial charge on any atom is 0.278 e. The van der Waals surface area contributed by atoms with Crippen molar-refractivity contribution in [2.75, 3.05) is 0 Å². The van der Waals surface area contributed by atoms with Crippen LogP contribution in [0.2, 0.25) is 5.02 Å². The molecule has 0 saturated heterocycles. The first-order chi connectivity index (χ1) is 7.68. The molecule has 0 aliphatic rings. The van der Waals surface area contributed by atoms with Crippen LogP contribution >= 0.6 is 11.6 Å². The molecule has 0 aliphatic heterocycles. The zero-order valence-electron chi connectivity index (χ0n) is 8.26. The van der Waals surface area contributed by atoms with Crippen LogP contribution in [0.15, 0.2) is 48.5 Å². The van der Waals surface area contributed by atoms with E-state index < -0.39 is 4.92 Å². The summed E-state index contributed by atoms with van der Waals surface area (Å²) in [6.45, 7) is 0. The fraction of sp³-hybridized carbons (Fsp3) is 0. The van der Waals surface area contributed by atoms with Gasteiger partial charge in [-0.15, -0.1) is 0 Å². The molecular weight excluding hydrogens is 226 g/mol. The first-order valence-corrected chi connectivity index (χ1v) is 5.05. The standard InChI is InChI=1S/C12H8ClNO2/c13-10-6-7-11(12(8-10)14(15)16)9-4-2-1-3-5-9/h1-8H. The van der Waals surface area contributed by atoms with E-state index in [1.165, 1.54) is 6.07 Å². The van der Waals surface area contributed by atoms with Crippen molar-refractivity contribution in [2.24, 2.45) is 0 Å². The third-order valence-electron chi connectivity index (χ3n) is 2.24. The van der Waals surface area contributed by atoms with Crippen LogP contribution in [0.5, 0.6) is 0 Å². The summed E-state index contributed by atoms with van der Waals surface area (Å²) >= 11 is 5.74. The Balaban J connectivity index is 2.61. The van der Waals surface area contributed by atoms with Crippen LogP contribution in [0.25, 0.3) is 11.1 Å². The lowest BCUT2D eigenvalue weighted by atomic mass is 10.0. The molecule has 0 amide bonds. The number of hydrogen-bond acceptors (Lipinski definition) is 2. The molecule has 0 fully saturated rings. The minimum atomic E-state index is -0.422. The topological polar surface area (TPSA) is 43.1 Å². The third-order valence-corrected chi connectivity index (χ3v) is 2.48. The number of benzene rings is 2. The van der Waals surface area contributed by atoms with Crippen LogP contribution < -0.4 is 0 Å². The number of hydrogen-bond donors (Lipinski definition) is 0. The smallest absolute Gasteiger partial charge is 0.258 e. The van der Waals surface area contributed by atoms with Gasteiger partial charge in [0, 0.05) is 11.1 Å². The average Bonchev–Trinajstić information content (AvgIpc) is 2.30. The van der Waals surface area contributed by atoms with Crippen LogP contribution in [0.1, 0.15) is 0 Å². The average molecular weight is 234 g/mol. The van der Waals surface area contributed by atoms with E-state index in [9.17, 15) is 10.1 Å². The molecule has 0 aliphatic carbocycles. The monoisotopic (exact) mass is 233 g/mol. The quantitative estimate of drug-likeness (QED) is 0.583. The van der Waals surface area contributed by atoms with Gasteiger partial charge >= 0.3 is 0 Å². The molecule has 0 atom stereocenters.